The molecule has 0 aromatic heterocycles. The minimum absolute atomic E-state index is 0.0379. The first-order valence-electron chi connectivity index (χ1n) is 10.3. The van der Waals surface area contributed by atoms with Crippen LogP contribution in [-0.2, 0) is 9.53 Å². The molecule has 1 N–H and O–H groups in total. The van der Waals surface area contributed by atoms with Crippen molar-refractivity contribution in [3.05, 3.63) is 23.3 Å². The molecular weight excluding hydrogens is 340 g/mol. The molecule has 5 heteroatoms. The Morgan fingerprint density at radius 1 is 1.22 bits per heavy atom. The third kappa shape index (κ3) is 6.44. The normalized spacial score (nSPS) is 27.1. The van der Waals surface area contributed by atoms with E-state index in [2.05, 4.69) is 37.8 Å². The van der Waals surface area contributed by atoms with Crippen LogP contribution in [0.1, 0.15) is 52.9 Å². The summed E-state index contributed by atoms with van der Waals surface area (Å²) in [5.74, 6) is 0.0379. The highest BCUT2D eigenvalue weighted by Crippen LogP contribution is 2.38. The third-order valence-corrected chi connectivity index (χ3v) is 5.98. The van der Waals surface area contributed by atoms with Crippen molar-refractivity contribution in [2.24, 2.45) is 5.41 Å². The molecular formula is C22H38N2O3. The van der Waals surface area contributed by atoms with Gasteiger partial charge in [0.25, 0.3) is 0 Å². The van der Waals surface area contributed by atoms with E-state index in [1.807, 2.05) is 4.90 Å². The molecule has 0 aromatic rings. The maximum Gasteiger partial charge on any atom is 0.248 e. The van der Waals surface area contributed by atoms with Crippen LogP contribution in [0.2, 0.25) is 0 Å². The lowest BCUT2D eigenvalue weighted by atomic mass is 9.71. The summed E-state index contributed by atoms with van der Waals surface area (Å²) in [6.45, 7) is 10.8. The van der Waals surface area contributed by atoms with Crippen LogP contribution in [0.4, 0.5) is 0 Å². The van der Waals surface area contributed by atoms with Crippen LogP contribution in [0.5, 0.6) is 0 Å². The highest BCUT2D eigenvalue weighted by molar-refractivity contribution is 5.77. The van der Waals surface area contributed by atoms with Gasteiger partial charge >= 0.3 is 0 Å². The van der Waals surface area contributed by atoms with Gasteiger partial charge in [-0.15, -0.1) is 0 Å². The van der Waals surface area contributed by atoms with Gasteiger partial charge in [0.15, 0.2) is 0 Å². The number of aliphatic hydroxyl groups excluding tert-OH is 1. The van der Waals surface area contributed by atoms with Crippen molar-refractivity contribution in [1.29, 1.82) is 0 Å². The average Bonchev–Trinajstić information content (AvgIpc) is 2.63. The van der Waals surface area contributed by atoms with Crippen LogP contribution in [0.15, 0.2) is 23.3 Å². The second-order valence-electron chi connectivity index (χ2n) is 8.62. The molecule has 0 radical (unpaired) electrons. The number of likely N-dealkylation sites (tertiary alicyclic amines) is 2. The lowest BCUT2D eigenvalue weighted by Crippen LogP contribution is -2.60. The van der Waals surface area contributed by atoms with Gasteiger partial charge in [-0.2, -0.15) is 0 Å². The number of ether oxygens (including phenoxy) is 1. The molecule has 0 bridgehead atoms. The van der Waals surface area contributed by atoms with Crippen molar-refractivity contribution < 1.29 is 14.6 Å². The fraction of sp³-hybridized carbons (Fsp3) is 0.773. The van der Waals surface area contributed by atoms with E-state index in [9.17, 15) is 9.90 Å². The zero-order valence-corrected chi connectivity index (χ0v) is 17.7. The van der Waals surface area contributed by atoms with E-state index < -0.39 is 0 Å². The van der Waals surface area contributed by atoms with E-state index >= 15 is 0 Å². The lowest BCUT2D eigenvalue weighted by Gasteiger charge is -2.51. The van der Waals surface area contributed by atoms with Gasteiger partial charge < -0.3 is 14.7 Å². The minimum Gasteiger partial charge on any atom is -0.392 e. The van der Waals surface area contributed by atoms with Crippen LogP contribution in [0.25, 0.3) is 0 Å². The predicted octanol–water partition coefficient (Wildman–Crippen LogP) is 3.00. The number of amides is 1. The molecule has 27 heavy (non-hydrogen) atoms. The summed E-state index contributed by atoms with van der Waals surface area (Å²) in [6.07, 6.45) is 9.24. The summed E-state index contributed by atoms with van der Waals surface area (Å²) >= 11 is 0. The number of hydrogen-bond acceptors (Lipinski definition) is 4. The van der Waals surface area contributed by atoms with Crippen LogP contribution >= 0.6 is 0 Å². The Morgan fingerprint density at radius 3 is 2.70 bits per heavy atom. The first kappa shape index (κ1) is 22.1. The number of rotatable bonds is 7. The Hall–Kier alpha value is -1.17. The van der Waals surface area contributed by atoms with E-state index in [-0.39, 0.29) is 24.0 Å². The summed E-state index contributed by atoms with van der Waals surface area (Å²) in [5.41, 5.74) is 2.61. The molecule has 2 heterocycles. The van der Waals surface area contributed by atoms with E-state index in [1.165, 1.54) is 11.1 Å². The molecule has 1 spiro atoms. The Bertz CT molecular complexity index is 554. The van der Waals surface area contributed by atoms with Gasteiger partial charge in [0.05, 0.1) is 6.10 Å². The van der Waals surface area contributed by atoms with Crippen molar-refractivity contribution in [3.8, 4) is 0 Å². The summed E-state index contributed by atoms with van der Waals surface area (Å²) in [6, 6.07) is 0. The number of methoxy groups -OCH3 is 1. The Kier molecular flexibility index (Phi) is 8.52. The molecule has 2 rings (SSSR count). The number of nitrogens with zero attached hydrogens (tertiary/aromatic N) is 2. The SMILES string of the molecule is COCC(=O)N1CCC[C@@]2(CN(C/C=C(\C)CCC=C(C)C)CC[C@H]2O)C1. The van der Waals surface area contributed by atoms with Crippen molar-refractivity contribution in [2.75, 3.05) is 46.4 Å². The molecule has 0 aromatic carbocycles. The lowest BCUT2D eigenvalue weighted by molar-refractivity contribution is -0.144. The fourth-order valence-electron chi connectivity index (χ4n) is 4.36. The molecule has 1 amide bonds. The van der Waals surface area contributed by atoms with E-state index in [0.29, 0.717) is 6.54 Å². The van der Waals surface area contributed by atoms with Gasteiger partial charge in [-0.05, 0) is 52.9 Å². The largest absolute Gasteiger partial charge is 0.392 e. The van der Waals surface area contributed by atoms with Gasteiger partial charge in [0.1, 0.15) is 6.61 Å². The maximum atomic E-state index is 12.3. The van der Waals surface area contributed by atoms with Crippen LogP contribution in [-0.4, -0.2) is 73.4 Å². The predicted molar refractivity (Wildman–Crippen MR) is 110 cm³/mol. The monoisotopic (exact) mass is 378 g/mol. The van der Waals surface area contributed by atoms with Gasteiger partial charge in [0, 0.05) is 45.2 Å². The number of hydrogen-bond donors (Lipinski definition) is 1. The van der Waals surface area contributed by atoms with Crippen molar-refractivity contribution in [1.82, 2.24) is 9.80 Å². The first-order chi connectivity index (χ1) is 12.9. The number of carbonyl (C=O) groups excluding carboxylic acids is 1. The molecule has 2 fully saturated rings. The summed E-state index contributed by atoms with van der Waals surface area (Å²) in [4.78, 5) is 16.6. The number of piperidine rings is 2. The zero-order valence-electron chi connectivity index (χ0n) is 17.7. The molecule has 2 saturated heterocycles. The van der Waals surface area contributed by atoms with Gasteiger partial charge in [-0.25, -0.2) is 0 Å². The molecule has 154 valence electrons. The second kappa shape index (κ2) is 10.4. The standard InChI is InChI=1S/C22H38N2O3/c1-18(2)7-5-8-19(3)9-13-23-14-10-20(25)22(16-23)11-6-12-24(17-22)21(26)15-27-4/h7,9,20,25H,5-6,8,10-17H2,1-4H3/b19-9+/t20-,22-/m1/s1. The van der Waals surface area contributed by atoms with Gasteiger partial charge in [-0.1, -0.05) is 23.3 Å². The van der Waals surface area contributed by atoms with E-state index in [4.69, 9.17) is 4.74 Å². The fourth-order valence-corrected chi connectivity index (χ4v) is 4.36. The highest BCUT2D eigenvalue weighted by Gasteiger charge is 2.46. The number of carbonyl (C=O) groups is 1. The van der Waals surface area contributed by atoms with Crippen LogP contribution in [0.3, 0.4) is 0 Å². The molecule has 2 aliphatic rings. The summed E-state index contributed by atoms with van der Waals surface area (Å²) in [7, 11) is 1.56. The van der Waals surface area contributed by atoms with Crippen molar-refractivity contribution >= 4 is 5.91 Å². The van der Waals surface area contributed by atoms with Crippen LogP contribution < -0.4 is 0 Å². The van der Waals surface area contributed by atoms with E-state index in [0.717, 1.165) is 58.3 Å². The molecule has 2 aliphatic heterocycles. The zero-order chi connectivity index (χ0) is 19.9. The Labute approximate surface area is 165 Å². The highest BCUT2D eigenvalue weighted by atomic mass is 16.5. The first-order valence-corrected chi connectivity index (χ1v) is 10.3. The molecule has 0 saturated carbocycles. The topological polar surface area (TPSA) is 53.0 Å². The Morgan fingerprint density at radius 2 is 2.00 bits per heavy atom. The van der Waals surface area contributed by atoms with Crippen LogP contribution in [0, 0.1) is 5.41 Å². The quantitative estimate of drug-likeness (QED) is 0.692. The van der Waals surface area contributed by atoms with Crippen molar-refractivity contribution in [3.63, 3.8) is 0 Å². The molecule has 5 nitrogen and oxygen atoms in total. The third-order valence-electron chi connectivity index (χ3n) is 5.98. The molecule has 2 atom stereocenters. The maximum absolute atomic E-state index is 12.3. The van der Waals surface area contributed by atoms with Gasteiger partial charge in [0.2, 0.25) is 5.91 Å². The number of allylic oxidation sites excluding steroid dienone is 3. The average molecular weight is 379 g/mol. The smallest absolute Gasteiger partial charge is 0.248 e. The van der Waals surface area contributed by atoms with Gasteiger partial charge in [-0.3, -0.25) is 9.69 Å². The number of aliphatic hydroxyl groups is 1. The molecule has 0 unspecified atom stereocenters. The van der Waals surface area contributed by atoms with E-state index in [1.54, 1.807) is 7.11 Å². The Balaban J connectivity index is 1.94. The molecule has 0 aliphatic carbocycles. The minimum atomic E-state index is -0.324. The second-order valence-corrected chi connectivity index (χ2v) is 8.62. The summed E-state index contributed by atoms with van der Waals surface area (Å²) in [5, 5.41) is 10.8. The van der Waals surface area contributed by atoms with Crippen molar-refractivity contribution in [2.45, 2.75) is 59.0 Å². The summed E-state index contributed by atoms with van der Waals surface area (Å²) < 4.78 is 5.02.